The molecule has 6 N–H and O–H groups in total. The molecular weight excluding hydrogens is 344 g/mol. The van der Waals surface area contributed by atoms with E-state index in [0.29, 0.717) is 0 Å². The molecule has 0 aromatic heterocycles. The number of ether oxygens (including phenoxy) is 2. The van der Waals surface area contributed by atoms with Crippen LogP contribution in [0.25, 0.3) is 0 Å². The number of hydrogen-bond donors (Lipinski definition) is 6. The van der Waals surface area contributed by atoms with Gasteiger partial charge < -0.3 is 40.1 Å². The van der Waals surface area contributed by atoms with E-state index in [-0.39, 0.29) is 0 Å². The SMILES string of the molecule is O=C(O)C(OC(C(=O)O)C(OC(C(=O)O)C(=O)O)C(=O)O)C(=O)O. The lowest BCUT2D eigenvalue weighted by molar-refractivity contribution is -0.202. The van der Waals surface area contributed by atoms with Crippen molar-refractivity contribution in [1.29, 1.82) is 0 Å². The Morgan fingerprint density at radius 3 is 0.792 bits per heavy atom. The van der Waals surface area contributed by atoms with Gasteiger partial charge in [0.1, 0.15) is 0 Å². The maximum atomic E-state index is 11.0. The largest absolute Gasteiger partial charge is 0.479 e. The van der Waals surface area contributed by atoms with Crippen molar-refractivity contribution < 1.29 is 68.9 Å². The maximum Gasteiger partial charge on any atom is 0.344 e. The van der Waals surface area contributed by atoms with E-state index in [1.807, 2.05) is 0 Å². The molecule has 0 amide bonds. The topological polar surface area (TPSA) is 242 Å². The Labute approximate surface area is 130 Å². The van der Waals surface area contributed by atoms with Crippen LogP contribution in [0.1, 0.15) is 0 Å². The Morgan fingerprint density at radius 2 is 0.667 bits per heavy atom. The van der Waals surface area contributed by atoms with Crippen LogP contribution in [-0.4, -0.2) is 90.9 Å². The van der Waals surface area contributed by atoms with E-state index in [1.54, 1.807) is 0 Å². The van der Waals surface area contributed by atoms with Gasteiger partial charge in [-0.2, -0.15) is 0 Å². The van der Waals surface area contributed by atoms with Crippen molar-refractivity contribution in [2.75, 3.05) is 0 Å². The fourth-order valence-electron chi connectivity index (χ4n) is 1.26. The fraction of sp³-hybridized carbons (Fsp3) is 0.400. The minimum atomic E-state index is -2.83. The van der Waals surface area contributed by atoms with E-state index in [2.05, 4.69) is 9.47 Å². The van der Waals surface area contributed by atoms with Crippen molar-refractivity contribution in [3.8, 4) is 0 Å². The molecule has 2 unspecified atom stereocenters. The highest BCUT2D eigenvalue weighted by atomic mass is 16.6. The molecule has 0 fully saturated rings. The van der Waals surface area contributed by atoms with Crippen LogP contribution >= 0.6 is 0 Å². The molecule has 24 heavy (non-hydrogen) atoms. The van der Waals surface area contributed by atoms with Crippen LogP contribution in [0.15, 0.2) is 0 Å². The highest BCUT2D eigenvalue weighted by molar-refractivity contribution is 5.97. The molecule has 0 aromatic rings. The van der Waals surface area contributed by atoms with Gasteiger partial charge in [0.2, 0.25) is 0 Å². The molecule has 14 nitrogen and oxygen atoms in total. The minimum absolute atomic E-state index is 2.19. The first-order valence-electron chi connectivity index (χ1n) is 5.57. The monoisotopic (exact) mass is 354 g/mol. The van der Waals surface area contributed by atoms with Gasteiger partial charge in [-0.05, 0) is 0 Å². The number of aliphatic carboxylic acids is 6. The zero-order valence-corrected chi connectivity index (χ0v) is 11.3. The Balaban J connectivity index is 5.68. The number of carbonyl (C=O) groups is 6. The zero-order valence-electron chi connectivity index (χ0n) is 11.3. The van der Waals surface area contributed by atoms with Gasteiger partial charge in [-0.25, -0.2) is 28.8 Å². The third kappa shape index (κ3) is 5.50. The number of carboxylic acids is 6. The summed E-state index contributed by atoms with van der Waals surface area (Å²) in [5.41, 5.74) is 0. The van der Waals surface area contributed by atoms with Crippen LogP contribution in [0.5, 0.6) is 0 Å². The average molecular weight is 354 g/mol. The van der Waals surface area contributed by atoms with E-state index in [0.717, 1.165) is 0 Å². The first-order chi connectivity index (χ1) is 10.9. The third-order valence-electron chi connectivity index (χ3n) is 2.22. The van der Waals surface area contributed by atoms with Gasteiger partial charge in [0, 0.05) is 0 Å². The van der Waals surface area contributed by atoms with Gasteiger partial charge in [-0.3, -0.25) is 0 Å². The molecule has 0 radical (unpaired) electrons. The summed E-state index contributed by atoms with van der Waals surface area (Å²) in [6, 6.07) is 0. The van der Waals surface area contributed by atoms with Crippen molar-refractivity contribution in [2.45, 2.75) is 24.4 Å². The van der Waals surface area contributed by atoms with Gasteiger partial charge in [-0.15, -0.1) is 0 Å². The second-order valence-corrected chi connectivity index (χ2v) is 3.90. The lowest BCUT2D eigenvalue weighted by Gasteiger charge is -2.24. The Bertz CT molecular complexity index is 486. The molecule has 134 valence electrons. The van der Waals surface area contributed by atoms with Crippen LogP contribution in [-0.2, 0) is 38.2 Å². The third-order valence-corrected chi connectivity index (χ3v) is 2.22. The van der Waals surface area contributed by atoms with Gasteiger partial charge in [0.25, 0.3) is 12.2 Å². The highest BCUT2D eigenvalue weighted by Gasteiger charge is 2.45. The molecule has 0 saturated carbocycles. The van der Waals surface area contributed by atoms with Crippen molar-refractivity contribution in [1.82, 2.24) is 0 Å². The second-order valence-electron chi connectivity index (χ2n) is 3.90. The predicted octanol–water partition coefficient (Wildman–Crippen LogP) is -3.00. The molecule has 0 bridgehead atoms. The summed E-state index contributed by atoms with van der Waals surface area (Å²) in [4.78, 5) is 64.6. The van der Waals surface area contributed by atoms with E-state index in [1.165, 1.54) is 0 Å². The number of carboxylic acid groups (broad SMARTS) is 6. The molecule has 0 heterocycles. The fourth-order valence-corrected chi connectivity index (χ4v) is 1.26. The van der Waals surface area contributed by atoms with Crippen molar-refractivity contribution in [3.63, 3.8) is 0 Å². The van der Waals surface area contributed by atoms with E-state index in [9.17, 15) is 28.8 Å². The Kier molecular flexibility index (Phi) is 7.25. The Morgan fingerprint density at radius 1 is 0.458 bits per heavy atom. The molecule has 14 heteroatoms. The van der Waals surface area contributed by atoms with Gasteiger partial charge in [0.15, 0.2) is 12.2 Å². The van der Waals surface area contributed by atoms with Crippen LogP contribution < -0.4 is 0 Å². The van der Waals surface area contributed by atoms with Gasteiger partial charge in [0.05, 0.1) is 0 Å². The zero-order chi connectivity index (χ0) is 19.2. The number of rotatable bonds is 11. The predicted molar refractivity (Wildman–Crippen MR) is 63.1 cm³/mol. The van der Waals surface area contributed by atoms with Crippen molar-refractivity contribution in [3.05, 3.63) is 0 Å². The molecule has 0 saturated heterocycles. The minimum Gasteiger partial charge on any atom is -0.479 e. The lowest BCUT2D eigenvalue weighted by Crippen LogP contribution is -2.51. The molecule has 0 rings (SSSR count). The van der Waals surface area contributed by atoms with Gasteiger partial charge in [-0.1, -0.05) is 0 Å². The molecule has 0 aliphatic carbocycles. The summed E-state index contributed by atoms with van der Waals surface area (Å²) >= 11 is 0. The smallest absolute Gasteiger partial charge is 0.344 e. The summed E-state index contributed by atoms with van der Waals surface area (Å²) in [5, 5.41) is 52.0. The van der Waals surface area contributed by atoms with E-state index >= 15 is 0 Å². The molecule has 0 aliphatic heterocycles. The summed E-state index contributed by atoms with van der Waals surface area (Å²) in [5.74, 6) is -13.2. The van der Waals surface area contributed by atoms with Crippen molar-refractivity contribution >= 4 is 35.8 Å². The van der Waals surface area contributed by atoms with Crippen LogP contribution in [0, 0.1) is 0 Å². The maximum absolute atomic E-state index is 11.0. The standard InChI is InChI=1S/C10H10O14/c11-5(12)1(23-3(7(15)16)8(17)18)2(6(13)14)24-4(9(19)20)10(21)22/h1-4H,(H,11,12)(H,13,14)(H,15,16)(H,17,18)(H,19,20)(H,21,22). The van der Waals surface area contributed by atoms with Crippen LogP contribution in [0.4, 0.5) is 0 Å². The van der Waals surface area contributed by atoms with Crippen LogP contribution in [0.3, 0.4) is 0 Å². The normalized spacial score (nSPS) is 13.2. The molecule has 0 aliphatic rings. The van der Waals surface area contributed by atoms with E-state index in [4.69, 9.17) is 30.6 Å². The first-order valence-corrected chi connectivity index (χ1v) is 5.57. The Hall–Kier alpha value is -3.26. The molecular formula is C10H10O14. The summed E-state index contributed by atoms with van der Waals surface area (Å²) in [6.07, 6.45) is -11.3. The first kappa shape index (κ1) is 20.7. The molecule has 2 atom stereocenters. The summed E-state index contributed by atoms with van der Waals surface area (Å²) in [6.45, 7) is 0. The van der Waals surface area contributed by atoms with Crippen molar-refractivity contribution in [2.24, 2.45) is 0 Å². The molecule has 0 aromatic carbocycles. The quantitative estimate of drug-likeness (QED) is 0.202. The summed E-state index contributed by atoms with van der Waals surface area (Å²) in [7, 11) is 0. The average Bonchev–Trinajstić information content (AvgIpc) is 2.39. The second kappa shape index (κ2) is 8.39. The van der Waals surface area contributed by atoms with E-state index < -0.39 is 60.2 Å². The van der Waals surface area contributed by atoms with Gasteiger partial charge >= 0.3 is 35.8 Å². The lowest BCUT2D eigenvalue weighted by atomic mass is 10.2. The molecule has 0 spiro atoms. The highest BCUT2D eigenvalue weighted by Crippen LogP contribution is 2.13. The van der Waals surface area contributed by atoms with Crippen LogP contribution in [0.2, 0.25) is 0 Å². The number of hydrogen-bond acceptors (Lipinski definition) is 8. The summed E-state index contributed by atoms with van der Waals surface area (Å²) < 4.78 is 8.26.